The number of aromatic nitrogens is 2. The van der Waals surface area contributed by atoms with Crippen LogP contribution < -0.4 is 9.62 Å². The van der Waals surface area contributed by atoms with Crippen molar-refractivity contribution in [2.24, 2.45) is 0 Å². The lowest BCUT2D eigenvalue weighted by molar-refractivity contribution is 0.102. The molecule has 1 aromatic heterocycles. The number of carbonyl (C=O) groups is 1. The van der Waals surface area contributed by atoms with Gasteiger partial charge in [-0.2, -0.15) is 0 Å². The Balaban J connectivity index is 1.39. The third-order valence-corrected chi connectivity index (χ3v) is 7.87. The van der Waals surface area contributed by atoms with Crippen LogP contribution in [0, 0.1) is 0 Å². The molecule has 3 aromatic carbocycles. The number of benzene rings is 3. The van der Waals surface area contributed by atoms with Gasteiger partial charge in [0.15, 0.2) is 0 Å². The van der Waals surface area contributed by atoms with E-state index in [9.17, 15) is 13.2 Å². The molecule has 0 bridgehead atoms. The molecule has 10 heteroatoms. The summed E-state index contributed by atoms with van der Waals surface area (Å²) in [6, 6.07) is 22.5. The summed E-state index contributed by atoms with van der Waals surface area (Å²) in [6.45, 7) is 2.10. The van der Waals surface area contributed by atoms with E-state index in [1.807, 2.05) is 30.3 Å². The number of carbonyl (C=O) groups excluding carboxylic acids is 1. The molecule has 1 N–H and O–H groups in total. The predicted octanol–water partition coefficient (Wildman–Crippen LogP) is 4.85. The molecule has 180 valence electrons. The van der Waals surface area contributed by atoms with E-state index in [2.05, 4.69) is 22.4 Å². The number of nitrogens with one attached hydrogen (secondary N) is 1. The average molecular weight is 509 g/mol. The highest BCUT2D eigenvalue weighted by Crippen LogP contribution is 2.23. The molecule has 4 rings (SSSR count). The van der Waals surface area contributed by atoms with Crippen LogP contribution >= 0.6 is 11.8 Å². The Bertz CT molecular complexity index is 1390. The first-order chi connectivity index (χ1) is 16.9. The minimum absolute atomic E-state index is 0.0244. The summed E-state index contributed by atoms with van der Waals surface area (Å²) >= 11 is 1.77. The molecule has 0 aliphatic heterocycles. The summed E-state index contributed by atoms with van der Waals surface area (Å²) in [5.74, 6) is 0.901. The standard InChI is InChI=1S/C25H24N4O4S2/c1-3-34-21-13-9-18(10-14-21)17-23-27-28-25(33-23)26-24(30)19-11-15-22(16-12-19)35(31,32)29(2)20-7-5-4-6-8-20/h4-16H,3,17H2,1-2H3,(H,26,28,30). The first-order valence-corrected chi connectivity index (χ1v) is 13.3. The number of hydrogen-bond acceptors (Lipinski definition) is 7. The van der Waals surface area contributed by atoms with Gasteiger partial charge in [-0.25, -0.2) is 8.42 Å². The SMILES string of the molecule is CCSc1ccc(Cc2nnc(NC(=O)c3ccc(S(=O)(=O)N(C)c4ccccc4)cc3)o2)cc1. The summed E-state index contributed by atoms with van der Waals surface area (Å²) in [5, 5.41) is 10.4. The van der Waals surface area contributed by atoms with Crippen LogP contribution in [0.1, 0.15) is 28.7 Å². The highest BCUT2D eigenvalue weighted by molar-refractivity contribution is 7.99. The number of sulfonamides is 1. The molecule has 0 saturated carbocycles. The molecule has 0 aliphatic rings. The van der Waals surface area contributed by atoms with E-state index in [0.29, 0.717) is 18.0 Å². The van der Waals surface area contributed by atoms with Gasteiger partial charge >= 0.3 is 6.01 Å². The number of nitrogens with zero attached hydrogens (tertiary/aromatic N) is 3. The van der Waals surface area contributed by atoms with E-state index in [1.165, 1.54) is 40.5 Å². The van der Waals surface area contributed by atoms with Crippen molar-refractivity contribution in [2.45, 2.75) is 23.1 Å². The Kier molecular flexibility index (Phi) is 7.52. The van der Waals surface area contributed by atoms with Crippen LogP contribution in [0.2, 0.25) is 0 Å². The van der Waals surface area contributed by atoms with Crippen molar-refractivity contribution in [3.05, 3.63) is 95.9 Å². The lowest BCUT2D eigenvalue weighted by Crippen LogP contribution is -2.26. The fourth-order valence-corrected chi connectivity index (χ4v) is 5.16. The fraction of sp³-hybridized carbons (Fsp3) is 0.160. The molecular formula is C25H24N4O4S2. The Hall–Kier alpha value is -3.63. The zero-order valence-electron chi connectivity index (χ0n) is 19.2. The maximum absolute atomic E-state index is 12.9. The maximum Gasteiger partial charge on any atom is 0.322 e. The fourth-order valence-electron chi connectivity index (χ4n) is 3.30. The minimum Gasteiger partial charge on any atom is -0.407 e. The van der Waals surface area contributed by atoms with Crippen molar-refractivity contribution in [3.8, 4) is 0 Å². The van der Waals surface area contributed by atoms with E-state index >= 15 is 0 Å². The normalized spacial score (nSPS) is 11.3. The van der Waals surface area contributed by atoms with Crippen molar-refractivity contribution < 1.29 is 17.6 Å². The number of amides is 1. The number of rotatable bonds is 9. The van der Waals surface area contributed by atoms with Crippen LogP contribution in [0.25, 0.3) is 0 Å². The first-order valence-electron chi connectivity index (χ1n) is 10.9. The summed E-state index contributed by atoms with van der Waals surface area (Å²) < 4.78 is 32.5. The van der Waals surface area contributed by atoms with E-state index < -0.39 is 15.9 Å². The minimum atomic E-state index is -3.77. The van der Waals surface area contributed by atoms with Crippen LogP contribution in [0.3, 0.4) is 0 Å². The first kappa shape index (κ1) is 24.5. The van der Waals surface area contributed by atoms with Crippen molar-refractivity contribution >= 4 is 39.4 Å². The largest absolute Gasteiger partial charge is 0.407 e. The topological polar surface area (TPSA) is 105 Å². The Morgan fingerprint density at radius 1 is 0.971 bits per heavy atom. The van der Waals surface area contributed by atoms with Gasteiger partial charge in [-0.15, -0.1) is 16.9 Å². The quantitative estimate of drug-likeness (QED) is 0.322. The number of anilines is 2. The summed E-state index contributed by atoms with van der Waals surface area (Å²) in [5.41, 5.74) is 1.82. The van der Waals surface area contributed by atoms with Crippen LogP contribution in [0.15, 0.2) is 93.1 Å². The van der Waals surface area contributed by atoms with Crippen molar-refractivity contribution in [3.63, 3.8) is 0 Å². The van der Waals surface area contributed by atoms with E-state index in [-0.39, 0.29) is 16.5 Å². The molecule has 35 heavy (non-hydrogen) atoms. The molecule has 8 nitrogen and oxygen atoms in total. The summed E-state index contributed by atoms with van der Waals surface area (Å²) in [7, 11) is -2.28. The van der Waals surface area contributed by atoms with Crippen LogP contribution in [0.5, 0.6) is 0 Å². The molecular weight excluding hydrogens is 484 g/mol. The second-order valence-corrected chi connectivity index (χ2v) is 10.8. The molecule has 0 aliphatic carbocycles. The van der Waals surface area contributed by atoms with Crippen molar-refractivity contribution in [1.29, 1.82) is 0 Å². The summed E-state index contributed by atoms with van der Waals surface area (Å²) in [6.07, 6.45) is 0.446. The molecule has 0 spiro atoms. The van der Waals surface area contributed by atoms with Crippen LogP contribution in [-0.4, -0.2) is 37.3 Å². The van der Waals surface area contributed by atoms with Gasteiger partial charge in [-0.3, -0.25) is 14.4 Å². The molecule has 0 unspecified atom stereocenters. The molecule has 4 aromatic rings. The van der Waals surface area contributed by atoms with Crippen LogP contribution in [0.4, 0.5) is 11.7 Å². The molecule has 1 heterocycles. The van der Waals surface area contributed by atoms with Gasteiger partial charge in [0.05, 0.1) is 17.0 Å². The van der Waals surface area contributed by atoms with Gasteiger partial charge < -0.3 is 4.42 Å². The monoisotopic (exact) mass is 508 g/mol. The van der Waals surface area contributed by atoms with E-state index in [1.54, 1.807) is 36.0 Å². The van der Waals surface area contributed by atoms with Gasteiger partial charge in [0.25, 0.3) is 15.9 Å². The Morgan fingerprint density at radius 2 is 1.66 bits per heavy atom. The molecule has 0 saturated heterocycles. The van der Waals surface area contributed by atoms with Crippen LogP contribution in [-0.2, 0) is 16.4 Å². The molecule has 1 amide bonds. The molecule has 0 radical (unpaired) electrons. The lowest BCUT2D eigenvalue weighted by atomic mass is 10.1. The van der Waals surface area contributed by atoms with Crippen molar-refractivity contribution in [1.82, 2.24) is 10.2 Å². The lowest BCUT2D eigenvalue weighted by Gasteiger charge is -2.19. The van der Waals surface area contributed by atoms with Gasteiger partial charge in [0.1, 0.15) is 0 Å². The maximum atomic E-state index is 12.9. The third-order valence-electron chi connectivity index (χ3n) is 5.17. The van der Waals surface area contributed by atoms with E-state index in [0.717, 1.165) is 11.3 Å². The van der Waals surface area contributed by atoms with Gasteiger partial charge in [-0.1, -0.05) is 42.4 Å². The average Bonchev–Trinajstić information content (AvgIpc) is 3.32. The zero-order chi connectivity index (χ0) is 24.8. The summed E-state index contributed by atoms with van der Waals surface area (Å²) in [4.78, 5) is 13.9. The molecule has 0 fully saturated rings. The Morgan fingerprint density at radius 3 is 2.31 bits per heavy atom. The number of para-hydroxylation sites is 1. The second-order valence-electron chi connectivity index (χ2n) is 7.54. The number of hydrogen-bond donors (Lipinski definition) is 1. The predicted molar refractivity (Wildman–Crippen MR) is 136 cm³/mol. The number of thioether (sulfide) groups is 1. The van der Waals surface area contributed by atoms with E-state index in [4.69, 9.17) is 4.42 Å². The van der Waals surface area contributed by atoms with Gasteiger partial charge in [-0.05, 0) is 59.8 Å². The van der Waals surface area contributed by atoms with Gasteiger partial charge in [0.2, 0.25) is 5.89 Å². The smallest absolute Gasteiger partial charge is 0.322 e. The third kappa shape index (κ3) is 5.90. The Labute approximate surface area is 208 Å². The highest BCUT2D eigenvalue weighted by Gasteiger charge is 2.22. The molecule has 0 atom stereocenters. The zero-order valence-corrected chi connectivity index (χ0v) is 20.8. The van der Waals surface area contributed by atoms with Gasteiger partial charge in [0, 0.05) is 17.5 Å². The van der Waals surface area contributed by atoms with Crippen molar-refractivity contribution in [2.75, 3.05) is 22.4 Å². The highest BCUT2D eigenvalue weighted by atomic mass is 32.2. The second kappa shape index (κ2) is 10.7.